The summed E-state index contributed by atoms with van der Waals surface area (Å²) in [6, 6.07) is 4.81. The average molecular weight is 303 g/mol. The third-order valence-electron chi connectivity index (χ3n) is 2.44. The van der Waals surface area contributed by atoms with Gasteiger partial charge in [-0.2, -0.15) is 0 Å². The Kier molecular flexibility index (Phi) is 8.02. The molecule has 1 N–H and O–H groups in total. The van der Waals surface area contributed by atoms with Gasteiger partial charge < -0.3 is 19.3 Å². The first kappa shape index (κ1) is 16.8. The minimum absolute atomic E-state index is 0.0501. The van der Waals surface area contributed by atoms with Crippen LogP contribution in [0.1, 0.15) is 23.2 Å². The molecule has 6 heteroatoms. The predicted molar refractivity (Wildman–Crippen MR) is 75.8 cm³/mol. The molecular formula is C14H19ClO5. The molecule has 0 unspecified atom stereocenters. The number of halogens is 1. The van der Waals surface area contributed by atoms with E-state index in [0.29, 0.717) is 43.3 Å². The number of ether oxygens (including phenoxy) is 3. The topological polar surface area (TPSA) is 65.0 Å². The lowest BCUT2D eigenvalue weighted by Gasteiger charge is -2.11. The number of methoxy groups -OCH3 is 1. The predicted octanol–water partition coefficient (Wildman–Crippen LogP) is 2.24. The van der Waals surface area contributed by atoms with Crippen LogP contribution >= 0.6 is 11.6 Å². The molecular weight excluding hydrogens is 284 g/mol. The fourth-order valence-electron chi connectivity index (χ4n) is 1.50. The van der Waals surface area contributed by atoms with Crippen molar-refractivity contribution in [2.24, 2.45) is 0 Å². The van der Waals surface area contributed by atoms with Gasteiger partial charge in [0.25, 0.3) is 5.24 Å². The van der Waals surface area contributed by atoms with Crippen LogP contribution in [0.3, 0.4) is 0 Å². The van der Waals surface area contributed by atoms with Crippen molar-refractivity contribution in [3.8, 4) is 11.5 Å². The smallest absolute Gasteiger partial charge is 0.252 e. The van der Waals surface area contributed by atoms with Crippen LogP contribution in [0.4, 0.5) is 0 Å². The van der Waals surface area contributed by atoms with Crippen LogP contribution in [0.5, 0.6) is 11.5 Å². The molecule has 1 aromatic carbocycles. The second-order valence-electron chi connectivity index (χ2n) is 4.09. The maximum absolute atomic E-state index is 11.3. The summed E-state index contributed by atoms with van der Waals surface area (Å²) in [4.78, 5) is 11.3. The molecule has 0 heterocycles. The second kappa shape index (κ2) is 9.58. The maximum Gasteiger partial charge on any atom is 0.252 e. The SMILES string of the molecule is COCCCOc1cc(OCCCO)cc(C(=O)Cl)c1. The summed E-state index contributed by atoms with van der Waals surface area (Å²) in [6.45, 7) is 1.49. The van der Waals surface area contributed by atoms with Crippen LogP contribution in [0, 0.1) is 0 Å². The number of hydrogen-bond donors (Lipinski definition) is 1. The van der Waals surface area contributed by atoms with Gasteiger partial charge in [-0.25, -0.2) is 0 Å². The summed E-state index contributed by atoms with van der Waals surface area (Å²) in [5.41, 5.74) is 0.315. The van der Waals surface area contributed by atoms with E-state index in [1.54, 1.807) is 25.3 Å². The first-order chi connectivity index (χ1) is 9.67. The zero-order valence-corrected chi connectivity index (χ0v) is 12.2. The first-order valence-corrected chi connectivity index (χ1v) is 6.75. The van der Waals surface area contributed by atoms with E-state index in [0.717, 1.165) is 6.42 Å². The Morgan fingerprint density at radius 2 is 1.70 bits per heavy atom. The van der Waals surface area contributed by atoms with E-state index in [1.165, 1.54) is 0 Å². The van der Waals surface area contributed by atoms with Crippen LogP contribution < -0.4 is 9.47 Å². The van der Waals surface area contributed by atoms with Crippen LogP contribution in [-0.4, -0.2) is 43.9 Å². The fraction of sp³-hybridized carbons (Fsp3) is 0.500. The monoisotopic (exact) mass is 302 g/mol. The van der Waals surface area contributed by atoms with Crippen molar-refractivity contribution < 1.29 is 24.1 Å². The van der Waals surface area contributed by atoms with Crippen molar-refractivity contribution in [3.63, 3.8) is 0 Å². The van der Waals surface area contributed by atoms with E-state index in [1.807, 2.05) is 0 Å². The van der Waals surface area contributed by atoms with Gasteiger partial charge in [0.1, 0.15) is 11.5 Å². The standard InChI is InChI=1S/C14H19ClO5/c1-18-5-3-7-20-13-9-11(14(15)17)8-12(10-13)19-6-2-4-16/h8-10,16H,2-7H2,1H3. The molecule has 0 atom stereocenters. The molecule has 1 aromatic rings. The third kappa shape index (κ3) is 6.23. The highest BCUT2D eigenvalue weighted by Gasteiger charge is 2.08. The molecule has 0 saturated heterocycles. The highest BCUT2D eigenvalue weighted by molar-refractivity contribution is 6.67. The zero-order valence-electron chi connectivity index (χ0n) is 11.4. The van der Waals surface area contributed by atoms with Crippen molar-refractivity contribution in [2.45, 2.75) is 12.8 Å². The molecule has 0 aromatic heterocycles. The molecule has 20 heavy (non-hydrogen) atoms. The van der Waals surface area contributed by atoms with Crippen LogP contribution in [-0.2, 0) is 4.74 Å². The van der Waals surface area contributed by atoms with E-state index < -0.39 is 5.24 Å². The van der Waals surface area contributed by atoms with E-state index >= 15 is 0 Å². The van der Waals surface area contributed by atoms with Gasteiger partial charge >= 0.3 is 0 Å². The van der Waals surface area contributed by atoms with E-state index in [2.05, 4.69) is 0 Å². The normalized spacial score (nSPS) is 10.3. The lowest BCUT2D eigenvalue weighted by atomic mass is 10.2. The second-order valence-corrected chi connectivity index (χ2v) is 4.43. The maximum atomic E-state index is 11.3. The summed E-state index contributed by atoms with van der Waals surface area (Å²) < 4.78 is 15.9. The van der Waals surface area contributed by atoms with Gasteiger partial charge in [0, 0.05) is 44.8 Å². The molecule has 0 fully saturated rings. The van der Waals surface area contributed by atoms with Crippen LogP contribution in [0.25, 0.3) is 0 Å². The summed E-state index contributed by atoms with van der Waals surface area (Å²) >= 11 is 5.48. The van der Waals surface area contributed by atoms with E-state index in [9.17, 15) is 4.79 Å². The Morgan fingerprint density at radius 3 is 2.20 bits per heavy atom. The minimum atomic E-state index is -0.570. The average Bonchev–Trinajstić information content (AvgIpc) is 2.44. The number of carbonyl (C=O) groups excluding carboxylic acids is 1. The molecule has 0 aliphatic rings. The largest absolute Gasteiger partial charge is 0.493 e. The molecule has 112 valence electrons. The molecule has 0 bridgehead atoms. The van der Waals surface area contributed by atoms with E-state index in [4.69, 9.17) is 30.9 Å². The van der Waals surface area contributed by atoms with Crippen molar-refractivity contribution in [1.82, 2.24) is 0 Å². The summed E-state index contributed by atoms with van der Waals surface area (Å²) in [7, 11) is 1.62. The summed E-state index contributed by atoms with van der Waals surface area (Å²) in [6.07, 6.45) is 1.26. The van der Waals surface area contributed by atoms with E-state index in [-0.39, 0.29) is 6.61 Å². The van der Waals surface area contributed by atoms with Gasteiger partial charge in [-0.3, -0.25) is 4.79 Å². The number of aliphatic hydroxyl groups excluding tert-OH is 1. The number of rotatable bonds is 10. The number of hydrogen-bond acceptors (Lipinski definition) is 5. The van der Waals surface area contributed by atoms with Gasteiger partial charge in [0.2, 0.25) is 0 Å². The number of aliphatic hydroxyl groups is 1. The third-order valence-corrected chi connectivity index (χ3v) is 2.66. The highest BCUT2D eigenvalue weighted by Crippen LogP contribution is 2.24. The van der Waals surface area contributed by atoms with Crippen LogP contribution in [0.15, 0.2) is 18.2 Å². The molecule has 0 radical (unpaired) electrons. The molecule has 1 rings (SSSR count). The van der Waals surface area contributed by atoms with Gasteiger partial charge in [0.05, 0.1) is 13.2 Å². The van der Waals surface area contributed by atoms with Gasteiger partial charge in [-0.1, -0.05) is 0 Å². The lowest BCUT2D eigenvalue weighted by molar-refractivity contribution is 0.108. The highest BCUT2D eigenvalue weighted by atomic mass is 35.5. The van der Waals surface area contributed by atoms with Crippen molar-refractivity contribution in [3.05, 3.63) is 23.8 Å². The quantitative estimate of drug-likeness (QED) is 0.530. The zero-order chi connectivity index (χ0) is 14.8. The Bertz CT molecular complexity index is 422. The number of carbonyl (C=O) groups is 1. The lowest BCUT2D eigenvalue weighted by Crippen LogP contribution is -2.04. The summed E-state index contributed by atoms with van der Waals surface area (Å²) in [5, 5.41) is 8.15. The fourth-order valence-corrected chi connectivity index (χ4v) is 1.61. The van der Waals surface area contributed by atoms with Crippen molar-refractivity contribution in [2.75, 3.05) is 33.5 Å². The van der Waals surface area contributed by atoms with Crippen molar-refractivity contribution in [1.29, 1.82) is 0 Å². The van der Waals surface area contributed by atoms with Crippen molar-refractivity contribution >= 4 is 16.8 Å². The molecule has 5 nitrogen and oxygen atoms in total. The number of benzene rings is 1. The van der Waals surface area contributed by atoms with Gasteiger partial charge in [-0.15, -0.1) is 0 Å². The summed E-state index contributed by atoms with van der Waals surface area (Å²) in [5.74, 6) is 1.01. The molecule has 0 amide bonds. The Morgan fingerprint density at radius 1 is 1.10 bits per heavy atom. The Balaban J connectivity index is 2.68. The molecule has 0 aliphatic carbocycles. The Labute approximate surface area is 123 Å². The molecule has 0 spiro atoms. The van der Waals surface area contributed by atoms with Gasteiger partial charge in [-0.05, 0) is 23.7 Å². The molecule has 0 saturated carbocycles. The Hall–Kier alpha value is -1.30. The van der Waals surface area contributed by atoms with Crippen LogP contribution in [0.2, 0.25) is 0 Å². The minimum Gasteiger partial charge on any atom is -0.493 e. The van der Waals surface area contributed by atoms with Gasteiger partial charge in [0.15, 0.2) is 0 Å². The first-order valence-electron chi connectivity index (χ1n) is 6.37. The molecule has 0 aliphatic heterocycles.